The van der Waals surface area contributed by atoms with E-state index in [0.717, 1.165) is 18.7 Å². The first kappa shape index (κ1) is 15.3. The van der Waals surface area contributed by atoms with Crippen LogP contribution in [-0.4, -0.2) is 24.1 Å². The van der Waals surface area contributed by atoms with Crippen LogP contribution in [0.25, 0.3) is 0 Å². The molecule has 2 aromatic rings. The molecule has 2 aromatic carbocycles. The molecule has 1 heterocycles. The molecule has 1 amide bonds. The summed E-state index contributed by atoms with van der Waals surface area (Å²) in [7, 11) is 0. The van der Waals surface area contributed by atoms with Gasteiger partial charge in [0, 0.05) is 13.1 Å². The van der Waals surface area contributed by atoms with Gasteiger partial charge < -0.3 is 9.64 Å². The Morgan fingerprint density at radius 1 is 1.08 bits per heavy atom. The maximum atomic E-state index is 12.3. The third-order valence-electron chi connectivity index (χ3n) is 5.53. The second-order valence-corrected chi connectivity index (χ2v) is 7.12. The summed E-state index contributed by atoms with van der Waals surface area (Å²) in [6, 6.07) is 18.7. The molecular formula is C21H23NO2. The second kappa shape index (κ2) is 6.31. The van der Waals surface area contributed by atoms with Crippen molar-refractivity contribution < 1.29 is 9.53 Å². The van der Waals surface area contributed by atoms with Crippen LogP contribution in [0.3, 0.4) is 0 Å². The zero-order chi connectivity index (χ0) is 16.5. The van der Waals surface area contributed by atoms with E-state index >= 15 is 0 Å². The number of likely N-dealkylation sites (tertiary alicyclic amines) is 1. The van der Waals surface area contributed by atoms with E-state index in [4.69, 9.17) is 4.74 Å². The van der Waals surface area contributed by atoms with E-state index in [9.17, 15) is 4.79 Å². The molecule has 0 spiro atoms. The molecule has 1 aliphatic heterocycles. The van der Waals surface area contributed by atoms with Crippen LogP contribution in [0.4, 0.5) is 4.79 Å². The van der Waals surface area contributed by atoms with Crippen LogP contribution >= 0.6 is 0 Å². The molecule has 0 radical (unpaired) electrons. The van der Waals surface area contributed by atoms with E-state index in [-0.39, 0.29) is 6.09 Å². The highest BCUT2D eigenvalue weighted by atomic mass is 16.6. The lowest BCUT2D eigenvalue weighted by Gasteiger charge is -2.39. The predicted octanol–water partition coefficient (Wildman–Crippen LogP) is 4.37. The smallest absolute Gasteiger partial charge is 0.410 e. The molecule has 3 atom stereocenters. The molecule has 0 N–H and O–H groups in total. The van der Waals surface area contributed by atoms with Gasteiger partial charge in [-0.3, -0.25) is 0 Å². The van der Waals surface area contributed by atoms with Gasteiger partial charge in [-0.1, -0.05) is 60.2 Å². The fourth-order valence-corrected chi connectivity index (χ4v) is 4.06. The van der Waals surface area contributed by atoms with Crippen molar-refractivity contribution in [1.82, 2.24) is 4.90 Å². The number of carbonyl (C=O) groups excluding carboxylic acids is 1. The predicted molar refractivity (Wildman–Crippen MR) is 93.7 cm³/mol. The molecule has 1 aliphatic carbocycles. The number of ether oxygens (including phenoxy) is 1. The van der Waals surface area contributed by atoms with Crippen LogP contribution in [0.1, 0.15) is 29.0 Å². The van der Waals surface area contributed by atoms with Crippen molar-refractivity contribution in [2.75, 3.05) is 13.1 Å². The van der Waals surface area contributed by atoms with Crippen LogP contribution in [0.15, 0.2) is 54.6 Å². The molecule has 0 unspecified atom stereocenters. The van der Waals surface area contributed by atoms with Gasteiger partial charge in [-0.25, -0.2) is 4.79 Å². The first-order valence-corrected chi connectivity index (χ1v) is 8.73. The van der Waals surface area contributed by atoms with E-state index in [1.54, 1.807) is 0 Å². The minimum absolute atomic E-state index is 0.170. The highest BCUT2D eigenvalue weighted by Crippen LogP contribution is 2.51. The van der Waals surface area contributed by atoms with Crippen molar-refractivity contribution in [3.8, 4) is 0 Å². The van der Waals surface area contributed by atoms with E-state index in [2.05, 4.69) is 31.2 Å². The zero-order valence-electron chi connectivity index (χ0n) is 14.0. The quantitative estimate of drug-likeness (QED) is 0.840. The van der Waals surface area contributed by atoms with Gasteiger partial charge in [0.05, 0.1) is 0 Å². The van der Waals surface area contributed by atoms with Crippen molar-refractivity contribution in [1.29, 1.82) is 0 Å². The molecule has 3 nitrogen and oxygen atoms in total. The van der Waals surface area contributed by atoms with Gasteiger partial charge in [0.1, 0.15) is 6.61 Å². The summed E-state index contributed by atoms with van der Waals surface area (Å²) in [5.74, 6) is 1.83. The number of amides is 1. The number of aryl methyl sites for hydroxylation is 1. The van der Waals surface area contributed by atoms with Crippen LogP contribution < -0.4 is 0 Å². The number of fused-ring (bicyclic) bond motifs is 1. The van der Waals surface area contributed by atoms with Gasteiger partial charge in [-0.2, -0.15) is 0 Å². The monoisotopic (exact) mass is 321 g/mol. The summed E-state index contributed by atoms with van der Waals surface area (Å²) in [6.07, 6.45) is 1.02. The van der Waals surface area contributed by atoms with Gasteiger partial charge in [0.2, 0.25) is 0 Å². The van der Waals surface area contributed by atoms with E-state index in [1.807, 2.05) is 35.2 Å². The molecule has 4 rings (SSSR count). The lowest BCUT2D eigenvalue weighted by molar-refractivity contribution is 0.103. The summed E-state index contributed by atoms with van der Waals surface area (Å²) in [5.41, 5.74) is 3.75. The van der Waals surface area contributed by atoms with Crippen LogP contribution in [0.2, 0.25) is 0 Å². The molecule has 3 heteroatoms. The van der Waals surface area contributed by atoms with Gasteiger partial charge in [0.15, 0.2) is 0 Å². The number of nitrogens with zero attached hydrogens (tertiary/aromatic N) is 1. The standard InChI is InChI=1S/C21H23NO2/c1-15-7-9-17(10-8-15)19-11-18-12-22(13-20(18)19)21(23)24-14-16-5-3-2-4-6-16/h2-10,18-20H,11-14H2,1H3/t18-,19-,20+/m1/s1. The minimum atomic E-state index is -0.170. The second-order valence-electron chi connectivity index (χ2n) is 7.12. The maximum absolute atomic E-state index is 12.3. The van der Waals surface area contributed by atoms with Crippen molar-refractivity contribution in [3.05, 3.63) is 71.3 Å². The van der Waals surface area contributed by atoms with Gasteiger partial charge in [-0.15, -0.1) is 0 Å². The topological polar surface area (TPSA) is 29.5 Å². The number of hydrogen-bond donors (Lipinski definition) is 0. The number of hydrogen-bond acceptors (Lipinski definition) is 2. The first-order chi connectivity index (χ1) is 11.7. The Morgan fingerprint density at radius 3 is 2.58 bits per heavy atom. The fourth-order valence-electron chi connectivity index (χ4n) is 4.06. The third-order valence-corrected chi connectivity index (χ3v) is 5.53. The molecule has 124 valence electrons. The lowest BCUT2D eigenvalue weighted by Crippen LogP contribution is -2.33. The highest BCUT2D eigenvalue weighted by Gasteiger charge is 2.48. The molecular weight excluding hydrogens is 298 g/mol. The summed E-state index contributed by atoms with van der Waals surface area (Å²) in [6.45, 7) is 4.15. The molecule has 1 saturated carbocycles. The van der Waals surface area contributed by atoms with Crippen molar-refractivity contribution in [2.45, 2.75) is 25.9 Å². The summed E-state index contributed by atoms with van der Waals surface area (Å²) in [4.78, 5) is 14.2. The third kappa shape index (κ3) is 2.91. The Labute approximate surface area is 143 Å². The highest BCUT2D eigenvalue weighted by molar-refractivity contribution is 5.68. The fraction of sp³-hybridized carbons (Fsp3) is 0.381. The first-order valence-electron chi connectivity index (χ1n) is 8.73. The Hall–Kier alpha value is -2.29. The number of rotatable bonds is 3. The molecule has 24 heavy (non-hydrogen) atoms. The number of carbonyl (C=O) groups is 1. The maximum Gasteiger partial charge on any atom is 0.410 e. The van der Waals surface area contributed by atoms with Gasteiger partial charge in [0.25, 0.3) is 0 Å². The molecule has 2 aliphatic rings. The SMILES string of the molecule is Cc1ccc([C@H]2C[C@@H]3CN(C(=O)OCc4ccccc4)C[C@@H]32)cc1. The molecule has 0 bridgehead atoms. The molecule has 1 saturated heterocycles. The summed E-state index contributed by atoms with van der Waals surface area (Å²) < 4.78 is 5.48. The van der Waals surface area contributed by atoms with E-state index in [1.165, 1.54) is 17.5 Å². The van der Waals surface area contributed by atoms with E-state index < -0.39 is 0 Å². The average Bonchev–Trinajstić information content (AvgIpc) is 2.93. The number of benzene rings is 2. The normalized spacial score (nSPS) is 25.0. The Bertz CT molecular complexity index is 710. The molecule has 2 fully saturated rings. The summed E-state index contributed by atoms with van der Waals surface area (Å²) >= 11 is 0. The van der Waals surface area contributed by atoms with Crippen molar-refractivity contribution in [2.24, 2.45) is 11.8 Å². The Morgan fingerprint density at radius 2 is 1.83 bits per heavy atom. The largest absolute Gasteiger partial charge is 0.445 e. The van der Waals surface area contributed by atoms with E-state index in [0.29, 0.717) is 24.4 Å². The minimum Gasteiger partial charge on any atom is -0.445 e. The Balaban J connectivity index is 1.33. The van der Waals surface area contributed by atoms with Crippen LogP contribution in [0, 0.1) is 18.8 Å². The average molecular weight is 321 g/mol. The lowest BCUT2D eigenvalue weighted by atomic mass is 9.64. The van der Waals surface area contributed by atoms with Gasteiger partial charge >= 0.3 is 6.09 Å². The zero-order valence-corrected chi connectivity index (χ0v) is 14.0. The van der Waals surface area contributed by atoms with Crippen molar-refractivity contribution >= 4 is 6.09 Å². The molecule has 0 aromatic heterocycles. The van der Waals surface area contributed by atoms with Crippen LogP contribution in [-0.2, 0) is 11.3 Å². The Kier molecular flexibility index (Phi) is 4.01. The van der Waals surface area contributed by atoms with Crippen molar-refractivity contribution in [3.63, 3.8) is 0 Å². The summed E-state index contributed by atoms with van der Waals surface area (Å²) in [5, 5.41) is 0. The van der Waals surface area contributed by atoms with Crippen LogP contribution in [0.5, 0.6) is 0 Å². The van der Waals surface area contributed by atoms with Gasteiger partial charge in [-0.05, 0) is 42.2 Å².